The van der Waals surface area contributed by atoms with Crippen LogP contribution < -0.4 is 0 Å². The average molecular weight is 373 g/mol. The molecule has 2 amide bonds. The number of hydrogen-bond acceptors (Lipinski definition) is 3. The summed E-state index contributed by atoms with van der Waals surface area (Å²) in [5.41, 5.74) is 1.93. The highest BCUT2D eigenvalue weighted by Crippen LogP contribution is 2.39. The third-order valence-corrected chi connectivity index (χ3v) is 6.10. The lowest BCUT2D eigenvalue weighted by molar-refractivity contribution is -0.142. The molecule has 1 aromatic carbocycles. The van der Waals surface area contributed by atoms with Gasteiger partial charge < -0.3 is 14.9 Å². The third-order valence-electron chi connectivity index (χ3n) is 6.10. The maximum Gasteiger partial charge on any atom is 0.227 e. The number of aliphatic hydroxyl groups excluding tert-OH is 1. The Bertz CT molecular complexity index is 658. The second-order valence-electron chi connectivity index (χ2n) is 8.24. The Kier molecular flexibility index (Phi) is 6.53. The Morgan fingerprint density at radius 3 is 2.59 bits per heavy atom. The molecule has 0 aliphatic carbocycles. The van der Waals surface area contributed by atoms with Crippen molar-refractivity contribution in [1.82, 2.24) is 9.80 Å². The van der Waals surface area contributed by atoms with Gasteiger partial charge in [-0.1, -0.05) is 37.6 Å². The first kappa shape index (κ1) is 19.9. The van der Waals surface area contributed by atoms with Crippen LogP contribution in [0, 0.1) is 5.41 Å². The van der Waals surface area contributed by atoms with Gasteiger partial charge in [-0.2, -0.15) is 0 Å². The summed E-state index contributed by atoms with van der Waals surface area (Å²) in [7, 11) is 0. The van der Waals surface area contributed by atoms with Crippen LogP contribution in [0.4, 0.5) is 0 Å². The molecule has 2 aliphatic heterocycles. The highest BCUT2D eigenvalue weighted by Gasteiger charge is 2.42. The van der Waals surface area contributed by atoms with Crippen molar-refractivity contribution in [3.05, 3.63) is 35.4 Å². The molecule has 0 unspecified atom stereocenters. The molecule has 1 spiro atoms. The summed E-state index contributed by atoms with van der Waals surface area (Å²) in [5.74, 6) is 0.448. The quantitative estimate of drug-likeness (QED) is 0.835. The molecular formula is C22H32N2O3. The van der Waals surface area contributed by atoms with Gasteiger partial charge in [0, 0.05) is 38.0 Å². The fourth-order valence-electron chi connectivity index (χ4n) is 4.46. The highest BCUT2D eigenvalue weighted by atomic mass is 16.3. The Morgan fingerprint density at radius 2 is 1.89 bits per heavy atom. The van der Waals surface area contributed by atoms with Crippen molar-refractivity contribution >= 4 is 11.8 Å². The summed E-state index contributed by atoms with van der Waals surface area (Å²) in [6.07, 6.45) is 6.20. The smallest absolute Gasteiger partial charge is 0.227 e. The van der Waals surface area contributed by atoms with Crippen LogP contribution in [-0.2, 0) is 22.6 Å². The summed E-state index contributed by atoms with van der Waals surface area (Å²) in [4.78, 5) is 29.2. The van der Waals surface area contributed by atoms with Gasteiger partial charge in [0.15, 0.2) is 0 Å². The van der Waals surface area contributed by atoms with E-state index in [-0.39, 0.29) is 23.8 Å². The van der Waals surface area contributed by atoms with Crippen LogP contribution in [0.2, 0.25) is 0 Å². The lowest BCUT2D eigenvalue weighted by Gasteiger charge is -2.48. The second kappa shape index (κ2) is 8.87. The number of unbranched alkanes of at least 4 members (excludes halogenated alkanes) is 1. The maximum atomic E-state index is 12.9. The highest BCUT2D eigenvalue weighted by molar-refractivity contribution is 5.79. The van der Waals surface area contributed by atoms with E-state index in [1.165, 1.54) is 0 Å². The molecule has 3 rings (SSSR count). The maximum absolute atomic E-state index is 12.9. The van der Waals surface area contributed by atoms with E-state index in [0.717, 1.165) is 69.4 Å². The summed E-state index contributed by atoms with van der Waals surface area (Å²) < 4.78 is 0. The van der Waals surface area contributed by atoms with Crippen molar-refractivity contribution in [1.29, 1.82) is 0 Å². The number of carbonyl (C=O) groups excluding carboxylic acids is 2. The molecule has 0 radical (unpaired) electrons. The predicted molar refractivity (Wildman–Crippen MR) is 105 cm³/mol. The topological polar surface area (TPSA) is 60.9 Å². The van der Waals surface area contributed by atoms with Crippen LogP contribution in [-0.4, -0.2) is 52.9 Å². The van der Waals surface area contributed by atoms with Crippen molar-refractivity contribution in [3.8, 4) is 0 Å². The number of hydrogen-bond donors (Lipinski definition) is 1. The molecule has 1 N–H and O–H groups in total. The van der Waals surface area contributed by atoms with Crippen molar-refractivity contribution in [2.45, 2.75) is 58.5 Å². The molecule has 1 atom stereocenters. The number of benzene rings is 1. The van der Waals surface area contributed by atoms with Gasteiger partial charge in [0.25, 0.3) is 0 Å². The average Bonchev–Trinajstić information content (AvgIpc) is 2.69. The van der Waals surface area contributed by atoms with Crippen LogP contribution in [0.5, 0.6) is 0 Å². The van der Waals surface area contributed by atoms with E-state index >= 15 is 0 Å². The predicted octanol–water partition coefficient (Wildman–Crippen LogP) is 2.75. The van der Waals surface area contributed by atoms with Crippen molar-refractivity contribution in [2.75, 3.05) is 26.2 Å². The molecule has 1 aromatic rings. The van der Waals surface area contributed by atoms with Crippen molar-refractivity contribution < 1.29 is 14.7 Å². The van der Waals surface area contributed by atoms with E-state index in [2.05, 4.69) is 6.92 Å². The van der Waals surface area contributed by atoms with Gasteiger partial charge in [-0.05, 0) is 36.8 Å². The minimum absolute atomic E-state index is 0.0239. The summed E-state index contributed by atoms with van der Waals surface area (Å²) in [5, 5.41) is 9.15. The first-order valence-corrected chi connectivity index (χ1v) is 10.3. The van der Waals surface area contributed by atoms with E-state index in [9.17, 15) is 9.59 Å². The van der Waals surface area contributed by atoms with Crippen LogP contribution in [0.15, 0.2) is 24.3 Å². The minimum Gasteiger partial charge on any atom is -0.392 e. The zero-order chi connectivity index (χ0) is 19.3. The zero-order valence-corrected chi connectivity index (χ0v) is 16.5. The van der Waals surface area contributed by atoms with Crippen molar-refractivity contribution in [3.63, 3.8) is 0 Å². The van der Waals surface area contributed by atoms with Gasteiger partial charge in [0.2, 0.25) is 11.8 Å². The number of piperidine rings is 2. The molecule has 2 saturated heterocycles. The molecule has 0 saturated carbocycles. The molecule has 148 valence electrons. The number of likely N-dealkylation sites (tertiary alicyclic amines) is 2. The molecule has 5 heteroatoms. The molecule has 5 nitrogen and oxygen atoms in total. The normalized spacial score (nSPS) is 23.1. The van der Waals surface area contributed by atoms with Crippen LogP contribution >= 0.6 is 0 Å². The van der Waals surface area contributed by atoms with Gasteiger partial charge in [0.05, 0.1) is 13.0 Å². The summed E-state index contributed by atoms with van der Waals surface area (Å²) in [6.45, 7) is 5.42. The lowest BCUT2D eigenvalue weighted by Crippen LogP contribution is -2.55. The molecule has 27 heavy (non-hydrogen) atoms. The van der Waals surface area contributed by atoms with Gasteiger partial charge in [-0.25, -0.2) is 0 Å². The van der Waals surface area contributed by atoms with E-state index in [1.54, 1.807) is 0 Å². The van der Waals surface area contributed by atoms with Gasteiger partial charge in [-0.3, -0.25) is 9.59 Å². The zero-order valence-electron chi connectivity index (χ0n) is 16.5. The van der Waals surface area contributed by atoms with Crippen LogP contribution in [0.3, 0.4) is 0 Å². The van der Waals surface area contributed by atoms with E-state index in [0.29, 0.717) is 12.8 Å². The SMILES string of the molecule is CCCCN1C[C@]2(CCCN(C(=O)Cc3ccc(CO)cc3)C2)CCC1=O. The number of aliphatic hydroxyl groups is 1. The minimum atomic E-state index is 0.0239. The Hall–Kier alpha value is -1.88. The van der Waals surface area contributed by atoms with Gasteiger partial charge in [0.1, 0.15) is 0 Å². The number of carbonyl (C=O) groups is 2. The van der Waals surface area contributed by atoms with E-state index in [4.69, 9.17) is 5.11 Å². The molecule has 2 aliphatic rings. The third kappa shape index (κ3) is 4.89. The van der Waals surface area contributed by atoms with E-state index < -0.39 is 0 Å². The van der Waals surface area contributed by atoms with Gasteiger partial charge in [-0.15, -0.1) is 0 Å². The number of rotatable bonds is 6. The largest absolute Gasteiger partial charge is 0.392 e. The molecule has 2 fully saturated rings. The fraction of sp³-hybridized carbons (Fsp3) is 0.636. The molecular weight excluding hydrogens is 340 g/mol. The summed E-state index contributed by atoms with van der Waals surface area (Å²) >= 11 is 0. The number of nitrogens with zero attached hydrogens (tertiary/aromatic N) is 2. The molecule has 2 heterocycles. The fourth-order valence-corrected chi connectivity index (χ4v) is 4.46. The monoisotopic (exact) mass is 372 g/mol. The van der Waals surface area contributed by atoms with Crippen molar-refractivity contribution in [2.24, 2.45) is 5.41 Å². The second-order valence-corrected chi connectivity index (χ2v) is 8.24. The summed E-state index contributed by atoms with van der Waals surface area (Å²) in [6, 6.07) is 7.60. The Morgan fingerprint density at radius 1 is 1.15 bits per heavy atom. The van der Waals surface area contributed by atoms with Crippen LogP contribution in [0.1, 0.15) is 56.6 Å². The Balaban J connectivity index is 1.62. The molecule has 0 aromatic heterocycles. The molecule has 0 bridgehead atoms. The van der Waals surface area contributed by atoms with E-state index in [1.807, 2.05) is 34.1 Å². The standard InChI is InChI=1S/C22H32N2O3/c1-2-3-12-23-16-22(11-9-20(23)26)10-4-13-24(17-22)21(27)14-18-5-7-19(15-25)8-6-18/h5-8,25H,2-4,9-17H2,1H3/t22-/m0/s1. The van der Waals surface area contributed by atoms with Gasteiger partial charge >= 0.3 is 0 Å². The Labute approximate surface area is 162 Å². The number of amides is 2. The lowest BCUT2D eigenvalue weighted by atomic mass is 9.73. The first-order valence-electron chi connectivity index (χ1n) is 10.3. The van der Waals surface area contributed by atoms with Crippen LogP contribution in [0.25, 0.3) is 0 Å². The first-order chi connectivity index (χ1) is 13.0.